The van der Waals surface area contributed by atoms with Gasteiger partial charge < -0.3 is 4.52 Å². The molecule has 0 aliphatic carbocycles. The van der Waals surface area contributed by atoms with Crippen LogP contribution in [0.15, 0.2) is 54.6 Å². The van der Waals surface area contributed by atoms with Crippen molar-refractivity contribution in [1.82, 2.24) is 0 Å². The molecule has 0 bridgehead atoms. The fourth-order valence-corrected chi connectivity index (χ4v) is 3.80. The summed E-state index contributed by atoms with van der Waals surface area (Å²) in [7, 11) is -0.453. The SMILES string of the molecule is c1ccc(P2Cc3ccccc3CO2)cc1. The van der Waals surface area contributed by atoms with E-state index in [-0.39, 0.29) is 0 Å². The van der Waals surface area contributed by atoms with Gasteiger partial charge in [0.05, 0.1) is 14.8 Å². The van der Waals surface area contributed by atoms with Gasteiger partial charge in [-0.3, -0.25) is 0 Å². The third-order valence-electron chi connectivity index (χ3n) is 2.85. The molecule has 16 heavy (non-hydrogen) atoms. The van der Waals surface area contributed by atoms with Crippen LogP contribution in [0.1, 0.15) is 11.1 Å². The topological polar surface area (TPSA) is 9.23 Å². The normalized spacial score (nSPS) is 19.1. The van der Waals surface area contributed by atoms with Gasteiger partial charge in [-0.05, 0) is 11.1 Å². The molecule has 2 aromatic carbocycles. The van der Waals surface area contributed by atoms with Crippen LogP contribution in [-0.2, 0) is 17.3 Å². The number of benzene rings is 2. The van der Waals surface area contributed by atoms with Crippen molar-refractivity contribution in [3.05, 3.63) is 65.7 Å². The molecule has 1 heterocycles. The first-order valence-electron chi connectivity index (χ1n) is 5.46. The predicted octanol–water partition coefficient (Wildman–Crippen LogP) is 3.44. The summed E-state index contributed by atoms with van der Waals surface area (Å²) >= 11 is 0. The second kappa shape index (κ2) is 4.37. The van der Waals surface area contributed by atoms with Crippen molar-refractivity contribution in [2.75, 3.05) is 0 Å². The highest BCUT2D eigenvalue weighted by Gasteiger charge is 2.19. The maximum absolute atomic E-state index is 5.96. The summed E-state index contributed by atoms with van der Waals surface area (Å²) in [6.07, 6.45) is 1.05. The lowest BCUT2D eigenvalue weighted by Crippen LogP contribution is -2.10. The van der Waals surface area contributed by atoms with Gasteiger partial charge in [0.2, 0.25) is 0 Å². The zero-order valence-electron chi connectivity index (χ0n) is 8.97. The first-order chi connectivity index (χ1) is 7.93. The molecule has 0 fully saturated rings. The van der Waals surface area contributed by atoms with Crippen LogP contribution >= 0.6 is 8.15 Å². The van der Waals surface area contributed by atoms with E-state index in [1.807, 2.05) is 0 Å². The minimum atomic E-state index is -0.453. The van der Waals surface area contributed by atoms with E-state index in [0.29, 0.717) is 0 Å². The van der Waals surface area contributed by atoms with Crippen LogP contribution in [0.4, 0.5) is 0 Å². The van der Waals surface area contributed by atoms with E-state index in [9.17, 15) is 0 Å². The molecule has 0 amide bonds. The summed E-state index contributed by atoms with van der Waals surface area (Å²) < 4.78 is 5.96. The minimum absolute atomic E-state index is 0.453. The Kier molecular flexibility index (Phi) is 2.73. The Hall–Kier alpha value is -1.17. The number of rotatable bonds is 1. The number of hydrogen-bond acceptors (Lipinski definition) is 1. The molecular formula is C14H13OP. The standard InChI is InChI=1S/C14H13OP/c1-2-8-14(9-3-1)16-11-13-7-5-4-6-12(13)10-15-16/h1-9H,10-11H2. The molecule has 1 atom stereocenters. The van der Waals surface area contributed by atoms with Crippen molar-refractivity contribution in [3.63, 3.8) is 0 Å². The Labute approximate surface area is 96.9 Å². The lowest BCUT2D eigenvalue weighted by Gasteiger charge is -2.25. The van der Waals surface area contributed by atoms with Gasteiger partial charge in [0.15, 0.2) is 0 Å². The van der Waals surface area contributed by atoms with Crippen LogP contribution in [-0.4, -0.2) is 0 Å². The zero-order chi connectivity index (χ0) is 10.8. The first kappa shape index (κ1) is 10.0. The Bertz CT molecular complexity index is 481. The van der Waals surface area contributed by atoms with E-state index in [4.69, 9.17) is 4.52 Å². The summed E-state index contributed by atoms with van der Waals surface area (Å²) in [5.74, 6) is 0. The molecule has 80 valence electrons. The molecule has 1 nitrogen and oxygen atoms in total. The van der Waals surface area contributed by atoms with Gasteiger partial charge in [0.25, 0.3) is 0 Å². The van der Waals surface area contributed by atoms with Gasteiger partial charge in [-0.2, -0.15) is 0 Å². The van der Waals surface area contributed by atoms with Gasteiger partial charge in [-0.1, -0.05) is 54.6 Å². The molecule has 1 unspecified atom stereocenters. The highest BCUT2D eigenvalue weighted by molar-refractivity contribution is 7.60. The van der Waals surface area contributed by atoms with E-state index < -0.39 is 8.15 Å². The van der Waals surface area contributed by atoms with Crippen LogP contribution in [0.3, 0.4) is 0 Å². The Morgan fingerprint density at radius 1 is 0.812 bits per heavy atom. The van der Waals surface area contributed by atoms with E-state index >= 15 is 0 Å². The molecule has 2 heteroatoms. The largest absolute Gasteiger partial charge is 0.349 e. The van der Waals surface area contributed by atoms with Crippen LogP contribution < -0.4 is 5.30 Å². The highest BCUT2D eigenvalue weighted by Crippen LogP contribution is 2.45. The molecule has 0 saturated carbocycles. The minimum Gasteiger partial charge on any atom is -0.349 e. The van der Waals surface area contributed by atoms with Gasteiger partial charge in [0.1, 0.15) is 0 Å². The van der Waals surface area contributed by atoms with Crippen molar-refractivity contribution < 1.29 is 4.52 Å². The Morgan fingerprint density at radius 2 is 1.50 bits per heavy atom. The smallest absolute Gasteiger partial charge is 0.0767 e. The van der Waals surface area contributed by atoms with Crippen LogP contribution in [0.5, 0.6) is 0 Å². The van der Waals surface area contributed by atoms with E-state index in [0.717, 1.165) is 12.8 Å². The summed E-state index contributed by atoms with van der Waals surface area (Å²) in [5, 5.41) is 1.34. The average molecular weight is 228 g/mol. The van der Waals surface area contributed by atoms with Crippen molar-refractivity contribution in [2.45, 2.75) is 12.8 Å². The maximum atomic E-state index is 5.96. The molecule has 3 rings (SSSR count). The zero-order valence-corrected chi connectivity index (χ0v) is 9.86. The van der Waals surface area contributed by atoms with Crippen LogP contribution in [0.25, 0.3) is 0 Å². The first-order valence-corrected chi connectivity index (χ1v) is 6.90. The molecule has 0 radical (unpaired) electrons. The fraction of sp³-hybridized carbons (Fsp3) is 0.143. The van der Waals surface area contributed by atoms with Gasteiger partial charge in [0, 0.05) is 11.5 Å². The van der Waals surface area contributed by atoms with Crippen molar-refractivity contribution in [2.24, 2.45) is 0 Å². The van der Waals surface area contributed by atoms with Crippen molar-refractivity contribution in [1.29, 1.82) is 0 Å². The Balaban J connectivity index is 1.89. The van der Waals surface area contributed by atoms with E-state index in [2.05, 4.69) is 54.6 Å². The summed E-state index contributed by atoms with van der Waals surface area (Å²) in [4.78, 5) is 0. The second-order valence-electron chi connectivity index (χ2n) is 3.91. The molecule has 2 aromatic rings. The highest BCUT2D eigenvalue weighted by atomic mass is 31.1. The maximum Gasteiger partial charge on any atom is 0.0767 e. The lowest BCUT2D eigenvalue weighted by atomic mass is 10.1. The molecule has 1 aliphatic rings. The van der Waals surface area contributed by atoms with Crippen LogP contribution in [0, 0.1) is 0 Å². The van der Waals surface area contributed by atoms with Crippen molar-refractivity contribution in [3.8, 4) is 0 Å². The quantitative estimate of drug-likeness (QED) is 0.679. The fourth-order valence-electron chi connectivity index (χ4n) is 1.96. The molecule has 1 aliphatic heterocycles. The van der Waals surface area contributed by atoms with Crippen molar-refractivity contribution >= 4 is 13.5 Å². The third-order valence-corrected chi connectivity index (χ3v) is 4.80. The molecule has 0 aromatic heterocycles. The summed E-state index contributed by atoms with van der Waals surface area (Å²) in [6, 6.07) is 19.1. The second-order valence-corrected chi connectivity index (χ2v) is 5.76. The summed E-state index contributed by atoms with van der Waals surface area (Å²) in [5.41, 5.74) is 2.79. The molecule has 0 N–H and O–H groups in total. The molecular weight excluding hydrogens is 215 g/mol. The van der Waals surface area contributed by atoms with Gasteiger partial charge >= 0.3 is 0 Å². The van der Waals surface area contributed by atoms with E-state index in [1.165, 1.54) is 16.4 Å². The average Bonchev–Trinajstić information content (AvgIpc) is 2.39. The van der Waals surface area contributed by atoms with Crippen LogP contribution in [0.2, 0.25) is 0 Å². The Morgan fingerprint density at radius 3 is 2.31 bits per heavy atom. The van der Waals surface area contributed by atoms with Gasteiger partial charge in [-0.25, -0.2) is 0 Å². The number of fused-ring (bicyclic) bond motifs is 1. The third kappa shape index (κ3) is 1.89. The van der Waals surface area contributed by atoms with Gasteiger partial charge in [-0.15, -0.1) is 0 Å². The monoisotopic (exact) mass is 228 g/mol. The van der Waals surface area contributed by atoms with E-state index in [1.54, 1.807) is 0 Å². The molecule has 0 saturated heterocycles. The number of hydrogen-bond donors (Lipinski definition) is 0. The summed E-state index contributed by atoms with van der Waals surface area (Å²) in [6.45, 7) is 0.761. The molecule has 0 spiro atoms. The lowest BCUT2D eigenvalue weighted by molar-refractivity contribution is 0.336. The predicted molar refractivity (Wildman–Crippen MR) is 67.9 cm³/mol.